The van der Waals surface area contributed by atoms with E-state index in [0.717, 1.165) is 33.1 Å². The highest BCUT2D eigenvalue weighted by atomic mass is 16.3. The fraction of sp³-hybridized carbons (Fsp3) is 0.174. The molecule has 0 saturated heterocycles. The molecule has 3 aromatic carbocycles. The Balaban J connectivity index is 1.87. The average Bonchev–Trinajstić information content (AvgIpc) is 2.98. The number of nitriles is 1. The molecule has 0 N–H and O–H groups in total. The molecule has 0 atom stereocenters. The van der Waals surface area contributed by atoms with Gasteiger partial charge in [-0.25, -0.2) is 0 Å². The Morgan fingerprint density at radius 2 is 1.48 bits per heavy atom. The van der Waals surface area contributed by atoms with E-state index in [1.807, 2.05) is 30.3 Å². The fourth-order valence-electron chi connectivity index (χ4n) is 3.16. The summed E-state index contributed by atoms with van der Waals surface area (Å²) in [4.78, 5) is 0. The first kappa shape index (κ1) is 15.5. The van der Waals surface area contributed by atoms with Crippen molar-refractivity contribution >= 4 is 21.9 Å². The molecule has 2 heteroatoms. The maximum Gasteiger partial charge on any atom is 0.135 e. The zero-order valence-electron chi connectivity index (χ0n) is 14.6. The normalized spacial score (nSPS) is 11.8. The van der Waals surface area contributed by atoms with Crippen molar-refractivity contribution in [1.82, 2.24) is 0 Å². The minimum atomic E-state index is 0.0980. The van der Waals surface area contributed by atoms with E-state index in [1.165, 1.54) is 5.56 Å². The second-order valence-electron chi connectivity index (χ2n) is 7.46. The van der Waals surface area contributed by atoms with Crippen LogP contribution in [0.5, 0.6) is 0 Å². The van der Waals surface area contributed by atoms with Crippen molar-refractivity contribution in [3.63, 3.8) is 0 Å². The molecule has 0 aliphatic carbocycles. The van der Waals surface area contributed by atoms with Crippen LogP contribution in [-0.2, 0) is 5.41 Å². The molecule has 0 saturated carbocycles. The Bertz CT molecular complexity index is 1120. The van der Waals surface area contributed by atoms with Gasteiger partial charge in [0.1, 0.15) is 11.2 Å². The Kier molecular flexibility index (Phi) is 3.40. The van der Waals surface area contributed by atoms with E-state index in [1.54, 1.807) is 0 Å². The second kappa shape index (κ2) is 5.50. The molecule has 0 spiro atoms. The number of hydrogen-bond donors (Lipinski definition) is 0. The molecular formula is C23H19NO. The zero-order chi connectivity index (χ0) is 17.6. The van der Waals surface area contributed by atoms with Crippen LogP contribution >= 0.6 is 0 Å². The Morgan fingerprint density at radius 3 is 2.16 bits per heavy atom. The highest BCUT2D eigenvalue weighted by Crippen LogP contribution is 2.35. The molecule has 25 heavy (non-hydrogen) atoms. The summed E-state index contributed by atoms with van der Waals surface area (Å²) in [5.41, 5.74) is 6.10. The van der Waals surface area contributed by atoms with Crippen LogP contribution in [-0.4, -0.2) is 0 Å². The molecule has 0 amide bonds. The van der Waals surface area contributed by atoms with Gasteiger partial charge in [-0.2, -0.15) is 5.26 Å². The van der Waals surface area contributed by atoms with Gasteiger partial charge >= 0.3 is 0 Å². The van der Waals surface area contributed by atoms with Crippen molar-refractivity contribution in [3.05, 3.63) is 71.8 Å². The van der Waals surface area contributed by atoms with Crippen molar-refractivity contribution in [1.29, 1.82) is 5.26 Å². The van der Waals surface area contributed by atoms with E-state index in [0.29, 0.717) is 5.56 Å². The summed E-state index contributed by atoms with van der Waals surface area (Å²) in [7, 11) is 0. The Morgan fingerprint density at radius 1 is 0.760 bits per heavy atom. The van der Waals surface area contributed by atoms with Crippen molar-refractivity contribution < 1.29 is 4.42 Å². The van der Waals surface area contributed by atoms with Gasteiger partial charge < -0.3 is 4.42 Å². The van der Waals surface area contributed by atoms with E-state index >= 15 is 0 Å². The molecule has 0 aliphatic rings. The molecule has 1 heterocycles. The molecular weight excluding hydrogens is 306 g/mol. The molecule has 0 aliphatic heterocycles. The minimum absolute atomic E-state index is 0.0980. The van der Waals surface area contributed by atoms with Gasteiger partial charge in [0.2, 0.25) is 0 Å². The number of hydrogen-bond acceptors (Lipinski definition) is 2. The van der Waals surface area contributed by atoms with E-state index in [2.05, 4.69) is 57.2 Å². The summed E-state index contributed by atoms with van der Waals surface area (Å²) < 4.78 is 6.07. The molecule has 0 fully saturated rings. The smallest absolute Gasteiger partial charge is 0.135 e. The summed E-state index contributed by atoms with van der Waals surface area (Å²) in [5.74, 6) is 0. The van der Waals surface area contributed by atoms with Crippen LogP contribution in [0.15, 0.2) is 65.1 Å². The SMILES string of the molecule is CC(C)(C)c1ccc2c(c1)oc1ccc(-c3ccc(C#N)cc3)cc12. The van der Waals surface area contributed by atoms with Crippen LogP contribution in [0, 0.1) is 11.3 Å². The summed E-state index contributed by atoms with van der Waals surface area (Å²) in [5, 5.41) is 11.2. The summed E-state index contributed by atoms with van der Waals surface area (Å²) in [6.07, 6.45) is 0. The van der Waals surface area contributed by atoms with Crippen molar-refractivity contribution in [2.45, 2.75) is 26.2 Å². The molecule has 4 aromatic rings. The number of furan rings is 1. The van der Waals surface area contributed by atoms with Crippen LogP contribution in [0.4, 0.5) is 0 Å². The topological polar surface area (TPSA) is 36.9 Å². The average molecular weight is 325 g/mol. The lowest BCUT2D eigenvalue weighted by Crippen LogP contribution is -2.10. The van der Waals surface area contributed by atoms with E-state index in [-0.39, 0.29) is 5.41 Å². The first-order valence-electron chi connectivity index (χ1n) is 8.43. The van der Waals surface area contributed by atoms with Crippen LogP contribution in [0.3, 0.4) is 0 Å². The third kappa shape index (κ3) is 2.68. The molecule has 0 radical (unpaired) electrons. The monoisotopic (exact) mass is 325 g/mol. The molecule has 0 bridgehead atoms. The number of benzene rings is 3. The van der Waals surface area contributed by atoms with Crippen molar-refractivity contribution in [2.24, 2.45) is 0 Å². The quantitative estimate of drug-likeness (QED) is 0.405. The van der Waals surface area contributed by atoms with Gasteiger partial charge in [0.25, 0.3) is 0 Å². The highest BCUT2D eigenvalue weighted by molar-refractivity contribution is 6.06. The maximum atomic E-state index is 8.95. The maximum absolute atomic E-state index is 8.95. The minimum Gasteiger partial charge on any atom is -0.456 e. The number of nitrogens with zero attached hydrogens (tertiary/aromatic N) is 1. The van der Waals surface area contributed by atoms with E-state index in [4.69, 9.17) is 9.68 Å². The first-order chi connectivity index (χ1) is 12.0. The van der Waals surface area contributed by atoms with Gasteiger partial charge in [-0.05, 0) is 52.4 Å². The lowest BCUT2D eigenvalue weighted by atomic mass is 9.86. The summed E-state index contributed by atoms with van der Waals surface area (Å²) in [6.45, 7) is 6.62. The van der Waals surface area contributed by atoms with Gasteiger partial charge in [0.05, 0.1) is 11.6 Å². The van der Waals surface area contributed by atoms with Gasteiger partial charge in [0.15, 0.2) is 0 Å². The largest absolute Gasteiger partial charge is 0.456 e. The standard InChI is InChI=1S/C23H19NO/c1-23(2,3)18-9-10-19-20-12-17(8-11-21(20)25-22(19)13-18)16-6-4-15(14-24)5-7-16/h4-13H,1-3H3. The molecule has 1 aromatic heterocycles. The van der Waals surface area contributed by atoms with E-state index < -0.39 is 0 Å². The predicted molar refractivity (Wildman–Crippen MR) is 103 cm³/mol. The zero-order valence-corrected chi connectivity index (χ0v) is 14.6. The fourth-order valence-corrected chi connectivity index (χ4v) is 3.16. The van der Waals surface area contributed by atoms with Gasteiger partial charge in [-0.3, -0.25) is 0 Å². The summed E-state index contributed by atoms with van der Waals surface area (Å²) in [6, 6.07) is 22.6. The third-order valence-corrected chi connectivity index (χ3v) is 4.68. The van der Waals surface area contributed by atoms with Crippen LogP contribution in [0.1, 0.15) is 31.9 Å². The lowest BCUT2D eigenvalue weighted by molar-refractivity contribution is 0.587. The van der Waals surface area contributed by atoms with E-state index in [9.17, 15) is 0 Å². The third-order valence-electron chi connectivity index (χ3n) is 4.68. The molecule has 122 valence electrons. The van der Waals surface area contributed by atoms with Crippen LogP contribution < -0.4 is 0 Å². The van der Waals surface area contributed by atoms with Crippen molar-refractivity contribution in [3.8, 4) is 17.2 Å². The highest BCUT2D eigenvalue weighted by Gasteiger charge is 2.16. The lowest BCUT2D eigenvalue weighted by Gasteiger charge is -2.18. The van der Waals surface area contributed by atoms with Crippen LogP contribution in [0.2, 0.25) is 0 Å². The predicted octanol–water partition coefficient (Wildman–Crippen LogP) is 6.42. The molecule has 4 rings (SSSR count). The Labute approximate surface area is 147 Å². The van der Waals surface area contributed by atoms with Gasteiger partial charge in [-0.15, -0.1) is 0 Å². The summed E-state index contributed by atoms with van der Waals surface area (Å²) >= 11 is 0. The Hall–Kier alpha value is -3.05. The molecule has 2 nitrogen and oxygen atoms in total. The van der Waals surface area contributed by atoms with Gasteiger partial charge in [-0.1, -0.05) is 51.1 Å². The second-order valence-corrected chi connectivity index (χ2v) is 7.46. The number of fused-ring (bicyclic) bond motifs is 3. The van der Waals surface area contributed by atoms with Gasteiger partial charge in [0, 0.05) is 10.8 Å². The van der Waals surface area contributed by atoms with Crippen molar-refractivity contribution in [2.75, 3.05) is 0 Å². The number of rotatable bonds is 1. The molecule has 0 unspecified atom stereocenters. The van der Waals surface area contributed by atoms with Crippen LogP contribution in [0.25, 0.3) is 33.1 Å². The first-order valence-corrected chi connectivity index (χ1v) is 8.43.